The van der Waals surface area contributed by atoms with Crippen LogP contribution in [0.4, 0.5) is 0 Å². The van der Waals surface area contributed by atoms with Crippen LogP contribution in [-0.2, 0) is 16.6 Å². The number of nitrogens with zero attached hydrogens (tertiary/aromatic N) is 4. The topological polar surface area (TPSA) is 98.9 Å². The van der Waals surface area contributed by atoms with Crippen LogP contribution in [0.1, 0.15) is 4.88 Å². The summed E-state index contributed by atoms with van der Waals surface area (Å²) in [6.07, 6.45) is 3.31. The van der Waals surface area contributed by atoms with E-state index in [1.54, 1.807) is 36.7 Å². The number of sulfonamides is 1. The first-order valence-corrected chi connectivity index (χ1v) is 9.40. The molecule has 0 unspecified atom stereocenters. The quantitative estimate of drug-likeness (QED) is 0.696. The molecule has 0 radical (unpaired) electrons. The van der Waals surface area contributed by atoms with Crippen molar-refractivity contribution in [3.8, 4) is 5.82 Å². The zero-order chi connectivity index (χ0) is 17.2. The molecule has 0 aromatic carbocycles. The number of rotatable bonds is 6. The second-order valence-electron chi connectivity index (χ2n) is 4.97. The third-order valence-corrected chi connectivity index (χ3v) is 6.14. The summed E-state index contributed by atoms with van der Waals surface area (Å²) >= 11 is 1.20. The lowest BCUT2D eigenvalue weighted by atomic mass is 10.5. The van der Waals surface area contributed by atoms with E-state index in [1.165, 1.54) is 26.8 Å². The van der Waals surface area contributed by atoms with E-state index in [0.717, 1.165) is 4.88 Å². The van der Waals surface area contributed by atoms with E-state index in [2.05, 4.69) is 14.9 Å². The molecule has 0 spiro atoms. The Bertz CT molecular complexity index is 990. The van der Waals surface area contributed by atoms with E-state index in [-0.39, 0.29) is 22.9 Å². The molecule has 0 bridgehead atoms. The van der Waals surface area contributed by atoms with Crippen molar-refractivity contribution in [2.24, 2.45) is 0 Å². The third-order valence-electron chi connectivity index (χ3n) is 3.19. The lowest BCUT2D eigenvalue weighted by Crippen LogP contribution is -2.32. The van der Waals surface area contributed by atoms with E-state index in [4.69, 9.17) is 0 Å². The van der Waals surface area contributed by atoms with Crippen LogP contribution in [-0.4, -0.2) is 34.5 Å². The standard InChI is InChI=1S/C14H15N5O3S2/c1-11-3-6-14(23-11)24(21,22)16-8-10-19-13(20)5-4-12(17-19)18-9-2-7-15-18/h2-7,9,16H,8,10H2,1H3. The molecule has 0 aliphatic heterocycles. The molecule has 3 aromatic heterocycles. The van der Waals surface area contributed by atoms with Crippen LogP contribution >= 0.6 is 11.3 Å². The van der Waals surface area contributed by atoms with Crippen molar-refractivity contribution >= 4 is 21.4 Å². The number of hydrogen-bond acceptors (Lipinski definition) is 6. The molecule has 0 aliphatic rings. The fraction of sp³-hybridized carbons (Fsp3) is 0.214. The first-order chi connectivity index (χ1) is 11.5. The van der Waals surface area contributed by atoms with Gasteiger partial charge in [-0.05, 0) is 31.2 Å². The minimum Gasteiger partial charge on any atom is -0.268 e. The monoisotopic (exact) mass is 365 g/mol. The summed E-state index contributed by atoms with van der Waals surface area (Å²) in [5.41, 5.74) is -0.308. The van der Waals surface area contributed by atoms with Crippen LogP contribution in [0, 0.1) is 6.92 Å². The molecule has 3 rings (SSSR count). The molecule has 1 N–H and O–H groups in total. The molecule has 3 aromatic rings. The summed E-state index contributed by atoms with van der Waals surface area (Å²) in [6.45, 7) is 2.03. The van der Waals surface area contributed by atoms with Gasteiger partial charge in [0.1, 0.15) is 4.21 Å². The van der Waals surface area contributed by atoms with E-state index < -0.39 is 10.0 Å². The highest BCUT2D eigenvalue weighted by Crippen LogP contribution is 2.19. The van der Waals surface area contributed by atoms with E-state index in [1.807, 2.05) is 6.92 Å². The van der Waals surface area contributed by atoms with Crippen LogP contribution in [0.25, 0.3) is 5.82 Å². The van der Waals surface area contributed by atoms with Gasteiger partial charge in [-0.3, -0.25) is 4.79 Å². The molecule has 0 amide bonds. The van der Waals surface area contributed by atoms with Crippen LogP contribution < -0.4 is 10.3 Å². The highest BCUT2D eigenvalue weighted by Gasteiger charge is 2.15. The van der Waals surface area contributed by atoms with Crippen molar-refractivity contribution in [3.63, 3.8) is 0 Å². The van der Waals surface area contributed by atoms with Gasteiger partial charge in [0, 0.05) is 29.9 Å². The molecule has 10 heteroatoms. The van der Waals surface area contributed by atoms with Gasteiger partial charge in [0.15, 0.2) is 5.82 Å². The SMILES string of the molecule is Cc1ccc(S(=O)(=O)NCCn2nc(-n3cccn3)ccc2=O)s1. The van der Waals surface area contributed by atoms with Gasteiger partial charge >= 0.3 is 0 Å². The summed E-state index contributed by atoms with van der Waals surface area (Å²) in [5.74, 6) is 0.483. The number of hydrogen-bond donors (Lipinski definition) is 1. The average molecular weight is 365 g/mol. The molecule has 0 saturated heterocycles. The van der Waals surface area contributed by atoms with E-state index in [0.29, 0.717) is 5.82 Å². The van der Waals surface area contributed by atoms with Crippen molar-refractivity contribution < 1.29 is 8.42 Å². The van der Waals surface area contributed by atoms with Gasteiger partial charge in [0.25, 0.3) is 5.56 Å². The second-order valence-corrected chi connectivity index (χ2v) is 8.25. The summed E-state index contributed by atoms with van der Waals surface area (Å²) < 4.78 is 29.8. The Balaban J connectivity index is 1.71. The highest BCUT2D eigenvalue weighted by atomic mass is 32.2. The average Bonchev–Trinajstić information content (AvgIpc) is 3.20. The minimum atomic E-state index is -3.57. The Morgan fingerprint density at radius 3 is 2.75 bits per heavy atom. The van der Waals surface area contributed by atoms with Gasteiger partial charge in [-0.25, -0.2) is 22.5 Å². The van der Waals surface area contributed by atoms with Crippen LogP contribution in [0.3, 0.4) is 0 Å². The fourth-order valence-electron chi connectivity index (χ4n) is 2.04. The molecule has 0 saturated carbocycles. The van der Waals surface area contributed by atoms with Crippen LogP contribution in [0.2, 0.25) is 0 Å². The number of thiophene rings is 1. The molecule has 8 nitrogen and oxygen atoms in total. The van der Waals surface area contributed by atoms with E-state index >= 15 is 0 Å². The summed E-state index contributed by atoms with van der Waals surface area (Å²) in [7, 11) is -3.57. The number of aryl methyl sites for hydroxylation is 1. The zero-order valence-corrected chi connectivity index (χ0v) is 14.4. The Morgan fingerprint density at radius 1 is 1.25 bits per heavy atom. The number of aromatic nitrogens is 4. The van der Waals surface area contributed by atoms with Gasteiger partial charge in [0.05, 0.1) is 6.54 Å². The maximum atomic E-state index is 12.2. The molecule has 3 heterocycles. The maximum Gasteiger partial charge on any atom is 0.266 e. The normalized spacial score (nSPS) is 11.7. The summed E-state index contributed by atoms with van der Waals surface area (Å²) in [6, 6.07) is 7.99. The van der Waals surface area contributed by atoms with Gasteiger partial charge in [-0.2, -0.15) is 5.10 Å². The zero-order valence-electron chi connectivity index (χ0n) is 12.8. The maximum absolute atomic E-state index is 12.2. The third kappa shape index (κ3) is 3.61. The van der Waals surface area contributed by atoms with Gasteiger partial charge in [-0.15, -0.1) is 16.4 Å². The summed E-state index contributed by atoms with van der Waals surface area (Å²) in [5, 5.41) is 8.23. The molecule has 126 valence electrons. The largest absolute Gasteiger partial charge is 0.268 e. The minimum absolute atomic E-state index is 0.0642. The summed E-state index contributed by atoms with van der Waals surface area (Å²) in [4.78, 5) is 12.8. The highest BCUT2D eigenvalue weighted by molar-refractivity contribution is 7.91. The lowest BCUT2D eigenvalue weighted by Gasteiger charge is -2.08. The molecular formula is C14H15N5O3S2. The van der Waals surface area contributed by atoms with Crippen molar-refractivity contribution in [1.82, 2.24) is 24.3 Å². The molecular weight excluding hydrogens is 350 g/mol. The Kier molecular flexibility index (Phi) is 4.60. The lowest BCUT2D eigenvalue weighted by molar-refractivity contribution is 0.543. The predicted molar refractivity (Wildman–Crippen MR) is 89.9 cm³/mol. The van der Waals surface area contributed by atoms with Gasteiger partial charge in [-0.1, -0.05) is 0 Å². The molecule has 0 atom stereocenters. The Morgan fingerprint density at radius 2 is 2.08 bits per heavy atom. The first kappa shape index (κ1) is 16.6. The van der Waals surface area contributed by atoms with Gasteiger partial charge < -0.3 is 0 Å². The van der Waals surface area contributed by atoms with Crippen molar-refractivity contribution in [3.05, 3.63) is 58.0 Å². The smallest absolute Gasteiger partial charge is 0.266 e. The fourth-order valence-corrected chi connectivity index (χ4v) is 4.39. The number of nitrogens with one attached hydrogen (secondary N) is 1. The Hall–Kier alpha value is -2.30. The predicted octanol–water partition coefficient (Wildman–Crippen LogP) is 0.777. The second kappa shape index (κ2) is 6.67. The van der Waals surface area contributed by atoms with Crippen LogP contribution in [0.5, 0.6) is 0 Å². The Labute approximate surface area is 142 Å². The van der Waals surface area contributed by atoms with Crippen molar-refractivity contribution in [2.75, 3.05) is 6.54 Å². The van der Waals surface area contributed by atoms with Crippen molar-refractivity contribution in [2.45, 2.75) is 17.7 Å². The van der Waals surface area contributed by atoms with Gasteiger partial charge in [0.2, 0.25) is 10.0 Å². The molecule has 24 heavy (non-hydrogen) atoms. The molecule has 0 fully saturated rings. The molecule has 0 aliphatic carbocycles. The van der Waals surface area contributed by atoms with E-state index in [9.17, 15) is 13.2 Å². The van der Waals surface area contributed by atoms with Crippen LogP contribution in [0.15, 0.2) is 51.7 Å². The van der Waals surface area contributed by atoms with Crippen molar-refractivity contribution in [1.29, 1.82) is 0 Å². The first-order valence-electron chi connectivity index (χ1n) is 7.10.